The number of aromatic nitrogens is 6. The van der Waals surface area contributed by atoms with Crippen LogP contribution in [0.4, 0.5) is 5.82 Å². The maximum absolute atomic E-state index is 11.9. The summed E-state index contributed by atoms with van der Waals surface area (Å²) in [4.78, 5) is 26.0. The lowest BCUT2D eigenvalue weighted by atomic mass is 9.87. The van der Waals surface area contributed by atoms with E-state index in [0.717, 1.165) is 47.5 Å². The van der Waals surface area contributed by atoms with Crippen LogP contribution in [-0.2, 0) is 16.1 Å². The fourth-order valence-corrected chi connectivity index (χ4v) is 5.89. The number of pyridine rings is 3. The number of carbonyl (C=O) groups excluding carboxylic acids is 1. The highest BCUT2D eigenvalue weighted by atomic mass is 16.6. The van der Waals surface area contributed by atoms with Gasteiger partial charge in [-0.2, -0.15) is 5.10 Å². The molecule has 210 valence electrons. The Morgan fingerprint density at radius 3 is 2.71 bits per heavy atom. The van der Waals surface area contributed by atoms with Crippen LogP contribution < -0.4 is 14.4 Å². The predicted molar refractivity (Wildman–Crippen MR) is 151 cm³/mol. The molecule has 8 rings (SSSR count). The van der Waals surface area contributed by atoms with Gasteiger partial charge in [0.1, 0.15) is 11.6 Å². The quantitative estimate of drug-likeness (QED) is 0.272. The van der Waals surface area contributed by atoms with Gasteiger partial charge in [0.15, 0.2) is 12.3 Å². The third-order valence-corrected chi connectivity index (χ3v) is 7.86. The second-order valence-corrected chi connectivity index (χ2v) is 10.3. The van der Waals surface area contributed by atoms with Gasteiger partial charge in [0.05, 0.1) is 37.0 Å². The lowest BCUT2D eigenvalue weighted by molar-refractivity contribution is -0.145. The molecule has 1 N–H and O–H groups in total. The van der Waals surface area contributed by atoms with Crippen LogP contribution >= 0.6 is 0 Å². The molecule has 0 aromatic carbocycles. The van der Waals surface area contributed by atoms with E-state index >= 15 is 0 Å². The van der Waals surface area contributed by atoms with E-state index in [4.69, 9.17) is 19.2 Å². The standard InChI is InChI=1S/C29H30N8O4/c1-3-40-27(38)17-41-22-9-23(28-24-12-32-33-29(24)34-37(28)16-22)19-5-6-25(30-11-19)35-14-20-8-21(15-35)36(20)13-18-4-7-26(39-2)31-10-18/h4-7,9-12,16,20-21H,3,8,13-15,17H2,1-2H3,(H,33,34). The Bertz CT molecular complexity index is 1690. The molecule has 0 saturated carbocycles. The summed E-state index contributed by atoms with van der Waals surface area (Å²) in [6.45, 7) is 4.66. The van der Waals surface area contributed by atoms with Crippen molar-refractivity contribution in [3.8, 4) is 22.8 Å². The van der Waals surface area contributed by atoms with Crippen LogP contribution in [0.1, 0.15) is 18.9 Å². The molecule has 0 radical (unpaired) electrons. The molecule has 2 atom stereocenters. The average Bonchev–Trinajstić information content (AvgIpc) is 3.60. The van der Waals surface area contributed by atoms with Gasteiger partial charge in [-0.25, -0.2) is 19.3 Å². The molecule has 3 saturated heterocycles. The van der Waals surface area contributed by atoms with Crippen molar-refractivity contribution in [3.05, 3.63) is 60.7 Å². The Morgan fingerprint density at radius 2 is 1.98 bits per heavy atom. The van der Waals surface area contributed by atoms with Crippen LogP contribution in [0.15, 0.2) is 55.1 Å². The topological polar surface area (TPSA) is 123 Å². The van der Waals surface area contributed by atoms with E-state index < -0.39 is 5.97 Å². The number of aromatic amines is 1. The van der Waals surface area contributed by atoms with Crippen molar-refractivity contribution in [2.75, 3.05) is 38.3 Å². The molecule has 2 unspecified atom stereocenters. The van der Waals surface area contributed by atoms with Crippen LogP contribution in [0.2, 0.25) is 0 Å². The summed E-state index contributed by atoms with van der Waals surface area (Å²) in [5.74, 6) is 1.68. The Hall–Kier alpha value is -4.71. The van der Waals surface area contributed by atoms with Gasteiger partial charge in [0, 0.05) is 61.3 Å². The van der Waals surface area contributed by atoms with Gasteiger partial charge in [-0.15, -0.1) is 5.10 Å². The number of nitrogens with one attached hydrogen (secondary N) is 1. The fraction of sp³-hybridized carbons (Fsp3) is 0.345. The summed E-state index contributed by atoms with van der Waals surface area (Å²) in [6, 6.07) is 11.0. The molecule has 0 spiro atoms. The minimum absolute atomic E-state index is 0.181. The zero-order chi connectivity index (χ0) is 27.9. The molecule has 3 aliphatic heterocycles. The molecular formula is C29H30N8O4. The second kappa shape index (κ2) is 10.4. The Kier molecular flexibility index (Phi) is 6.38. The first-order chi connectivity index (χ1) is 20.1. The zero-order valence-corrected chi connectivity index (χ0v) is 22.9. The molecule has 0 amide bonds. The van der Waals surface area contributed by atoms with Crippen LogP contribution in [-0.4, -0.2) is 86.1 Å². The Labute approximate surface area is 235 Å². The summed E-state index contributed by atoms with van der Waals surface area (Å²) < 4.78 is 17.7. The number of piperazine rings is 1. The van der Waals surface area contributed by atoms with E-state index in [0.29, 0.717) is 36.0 Å². The van der Waals surface area contributed by atoms with Gasteiger partial charge in [-0.1, -0.05) is 6.07 Å². The van der Waals surface area contributed by atoms with Crippen molar-refractivity contribution >= 4 is 28.3 Å². The van der Waals surface area contributed by atoms with Gasteiger partial charge in [0.25, 0.3) is 0 Å². The number of carbonyl (C=O) groups is 1. The monoisotopic (exact) mass is 554 g/mol. The van der Waals surface area contributed by atoms with Crippen molar-refractivity contribution < 1.29 is 19.0 Å². The number of hydrogen-bond acceptors (Lipinski definition) is 10. The maximum Gasteiger partial charge on any atom is 0.344 e. The van der Waals surface area contributed by atoms with E-state index in [9.17, 15) is 4.79 Å². The van der Waals surface area contributed by atoms with Crippen molar-refractivity contribution in [2.45, 2.75) is 32.0 Å². The molecule has 41 heavy (non-hydrogen) atoms. The van der Waals surface area contributed by atoms with Crippen LogP contribution in [0, 0.1) is 0 Å². The van der Waals surface area contributed by atoms with Crippen molar-refractivity contribution in [3.63, 3.8) is 0 Å². The normalized spacial score (nSPS) is 18.4. The fourth-order valence-electron chi connectivity index (χ4n) is 5.89. The maximum atomic E-state index is 11.9. The molecule has 5 aromatic heterocycles. The van der Waals surface area contributed by atoms with E-state index in [1.165, 1.54) is 12.0 Å². The number of hydrogen-bond donors (Lipinski definition) is 1. The smallest absolute Gasteiger partial charge is 0.344 e. The van der Waals surface area contributed by atoms with Crippen molar-refractivity contribution in [2.24, 2.45) is 0 Å². The van der Waals surface area contributed by atoms with Gasteiger partial charge in [0.2, 0.25) is 5.88 Å². The first-order valence-electron chi connectivity index (χ1n) is 13.7. The number of methoxy groups -OCH3 is 1. The van der Waals surface area contributed by atoms with Gasteiger partial charge in [-0.05, 0) is 37.1 Å². The van der Waals surface area contributed by atoms with E-state index in [-0.39, 0.29) is 6.61 Å². The molecule has 12 heteroatoms. The lowest BCUT2D eigenvalue weighted by Crippen LogP contribution is -2.68. The predicted octanol–water partition coefficient (Wildman–Crippen LogP) is 3.08. The molecule has 3 fully saturated rings. The minimum atomic E-state index is -0.421. The number of fused-ring (bicyclic) bond motifs is 5. The zero-order valence-electron chi connectivity index (χ0n) is 22.9. The lowest BCUT2D eigenvalue weighted by Gasteiger charge is -2.56. The highest BCUT2D eigenvalue weighted by Gasteiger charge is 2.44. The highest BCUT2D eigenvalue weighted by molar-refractivity contribution is 6.00. The van der Waals surface area contributed by atoms with E-state index in [1.807, 2.05) is 24.5 Å². The molecule has 8 heterocycles. The summed E-state index contributed by atoms with van der Waals surface area (Å²) in [6.07, 6.45) is 8.50. The Balaban J connectivity index is 1.10. The van der Waals surface area contributed by atoms with E-state index in [2.05, 4.69) is 48.3 Å². The van der Waals surface area contributed by atoms with Crippen molar-refractivity contribution in [1.29, 1.82) is 0 Å². The third-order valence-electron chi connectivity index (χ3n) is 7.86. The summed E-state index contributed by atoms with van der Waals surface area (Å²) in [5, 5.41) is 12.6. The van der Waals surface area contributed by atoms with Gasteiger partial charge < -0.3 is 19.1 Å². The SMILES string of the molecule is CCOC(=O)COc1cc(-c2ccc(N3CC4CC(C3)N4Cc3ccc(OC)nc3)nc2)c2c3cn[nH]c3nn2c1. The van der Waals surface area contributed by atoms with Crippen LogP contribution in [0.5, 0.6) is 11.6 Å². The third kappa shape index (κ3) is 4.69. The molecule has 2 bridgehead atoms. The number of ether oxygens (including phenoxy) is 3. The summed E-state index contributed by atoms with van der Waals surface area (Å²) >= 11 is 0. The van der Waals surface area contributed by atoms with Crippen LogP contribution in [0.25, 0.3) is 27.7 Å². The van der Waals surface area contributed by atoms with E-state index in [1.54, 1.807) is 30.9 Å². The van der Waals surface area contributed by atoms with Crippen LogP contribution in [0.3, 0.4) is 0 Å². The average molecular weight is 555 g/mol. The second-order valence-electron chi connectivity index (χ2n) is 10.3. The first kappa shape index (κ1) is 25.3. The molecule has 3 aliphatic rings. The number of rotatable bonds is 9. The summed E-state index contributed by atoms with van der Waals surface area (Å²) in [5.41, 5.74) is 4.55. The summed E-state index contributed by atoms with van der Waals surface area (Å²) in [7, 11) is 1.63. The van der Waals surface area contributed by atoms with Gasteiger partial charge >= 0.3 is 5.97 Å². The Morgan fingerprint density at radius 1 is 1.10 bits per heavy atom. The number of piperidine rings is 1. The molecule has 0 aliphatic carbocycles. The molecule has 12 nitrogen and oxygen atoms in total. The number of esters is 1. The first-order valence-corrected chi connectivity index (χ1v) is 13.7. The molecular weight excluding hydrogens is 524 g/mol. The van der Waals surface area contributed by atoms with Gasteiger partial charge in [-0.3, -0.25) is 10.00 Å². The number of H-pyrrole nitrogens is 1. The minimum Gasteiger partial charge on any atom is -0.481 e. The van der Waals surface area contributed by atoms with Crippen molar-refractivity contribution in [1.82, 2.24) is 34.7 Å². The largest absolute Gasteiger partial charge is 0.481 e. The highest BCUT2D eigenvalue weighted by Crippen LogP contribution is 2.37. The number of nitrogens with zero attached hydrogens (tertiary/aromatic N) is 7. The number of anilines is 1. The molecule has 5 aromatic rings.